The maximum absolute atomic E-state index is 12.4. The van der Waals surface area contributed by atoms with Gasteiger partial charge in [0, 0.05) is 39.4 Å². The van der Waals surface area contributed by atoms with Crippen LogP contribution in [0, 0.1) is 5.92 Å². The van der Waals surface area contributed by atoms with Crippen LogP contribution in [-0.4, -0.2) is 76.4 Å². The van der Waals surface area contributed by atoms with Crippen LogP contribution in [0.5, 0.6) is 5.75 Å². The minimum Gasteiger partial charge on any atom is -0.496 e. The van der Waals surface area contributed by atoms with Crippen LogP contribution in [0.15, 0.2) is 24.3 Å². The molecule has 6 heteroatoms. The lowest BCUT2D eigenvalue weighted by atomic mass is 9.95. The van der Waals surface area contributed by atoms with Gasteiger partial charge in [0.15, 0.2) is 0 Å². The Morgan fingerprint density at radius 1 is 1.11 bits per heavy atom. The molecule has 2 rings (SSSR count). The third kappa shape index (κ3) is 7.13. The van der Waals surface area contributed by atoms with Crippen LogP contribution in [-0.2, 0) is 20.8 Å². The normalized spacial score (nSPS) is 15.7. The van der Waals surface area contributed by atoms with Gasteiger partial charge in [0.2, 0.25) is 5.91 Å². The average molecular weight is 379 g/mol. The van der Waals surface area contributed by atoms with Gasteiger partial charge in [-0.15, -0.1) is 0 Å². The predicted octanol–water partition coefficient (Wildman–Crippen LogP) is 2.42. The van der Waals surface area contributed by atoms with E-state index in [-0.39, 0.29) is 5.91 Å². The van der Waals surface area contributed by atoms with Gasteiger partial charge in [-0.1, -0.05) is 18.2 Å². The van der Waals surface area contributed by atoms with Crippen LogP contribution in [0.25, 0.3) is 0 Å². The number of amides is 1. The molecule has 1 saturated heterocycles. The van der Waals surface area contributed by atoms with E-state index in [4.69, 9.17) is 14.2 Å². The van der Waals surface area contributed by atoms with E-state index in [9.17, 15) is 4.79 Å². The lowest BCUT2D eigenvalue weighted by Gasteiger charge is -2.35. The SMILES string of the molecule is COCCC(=O)N(CCOC)CC1CCN(Cc2ccccc2OC)CC1. The van der Waals surface area contributed by atoms with Crippen LogP contribution in [0.4, 0.5) is 0 Å². The molecule has 1 aromatic rings. The molecule has 1 aromatic carbocycles. The van der Waals surface area contributed by atoms with E-state index in [2.05, 4.69) is 17.0 Å². The molecule has 0 spiro atoms. The number of hydrogen-bond donors (Lipinski definition) is 0. The number of methoxy groups -OCH3 is 3. The van der Waals surface area contributed by atoms with Crippen molar-refractivity contribution in [1.29, 1.82) is 0 Å². The fourth-order valence-electron chi connectivity index (χ4n) is 3.58. The number of ether oxygens (including phenoxy) is 3. The lowest BCUT2D eigenvalue weighted by molar-refractivity contribution is -0.133. The van der Waals surface area contributed by atoms with Crippen LogP contribution < -0.4 is 4.74 Å². The third-order valence-electron chi connectivity index (χ3n) is 5.21. The van der Waals surface area contributed by atoms with Crippen LogP contribution in [0.1, 0.15) is 24.8 Å². The number of para-hydroxylation sites is 1. The second-order valence-corrected chi connectivity index (χ2v) is 7.11. The molecule has 1 aliphatic rings. The molecule has 1 aliphatic heterocycles. The fourth-order valence-corrected chi connectivity index (χ4v) is 3.58. The van der Waals surface area contributed by atoms with Crippen molar-refractivity contribution >= 4 is 5.91 Å². The monoisotopic (exact) mass is 378 g/mol. The molecule has 0 aliphatic carbocycles. The number of piperidine rings is 1. The first-order valence-electron chi connectivity index (χ1n) is 9.77. The summed E-state index contributed by atoms with van der Waals surface area (Å²) in [7, 11) is 5.03. The van der Waals surface area contributed by atoms with E-state index in [1.165, 1.54) is 5.56 Å². The quantitative estimate of drug-likeness (QED) is 0.592. The molecule has 0 radical (unpaired) electrons. The second-order valence-electron chi connectivity index (χ2n) is 7.11. The molecule has 1 amide bonds. The number of hydrogen-bond acceptors (Lipinski definition) is 5. The molecule has 0 aromatic heterocycles. The predicted molar refractivity (Wildman–Crippen MR) is 106 cm³/mol. The maximum Gasteiger partial charge on any atom is 0.224 e. The number of rotatable bonds is 11. The summed E-state index contributed by atoms with van der Waals surface area (Å²) in [5, 5.41) is 0. The lowest BCUT2D eigenvalue weighted by Crippen LogP contribution is -2.42. The summed E-state index contributed by atoms with van der Waals surface area (Å²) >= 11 is 0. The first-order valence-corrected chi connectivity index (χ1v) is 9.77. The molecular formula is C21H34N2O4. The first-order chi connectivity index (χ1) is 13.2. The molecule has 0 unspecified atom stereocenters. The van der Waals surface area contributed by atoms with Crippen molar-refractivity contribution < 1.29 is 19.0 Å². The number of nitrogens with zero attached hydrogens (tertiary/aromatic N) is 2. The fraction of sp³-hybridized carbons (Fsp3) is 0.667. The Hall–Kier alpha value is -1.63. The Morgan fingerprint density at radius 3 is 2.48 bits per heavy atom. The number of likely N-dealkylation sites (tertiary alicyclic amines) is 1. The smallest absolute Gasteiger partial charge is 0.224 e. The number of carbonyl (C=O) groups is 1. The Bertz CT molecular complexity index is 559. The zero-order chi connectivity index (χ0) is 19.5. The van der Waals surface area contributed by atoms with Crippen molar-refractivity contribution in [2.45, 2.75) is 25.8 Å². The van der Waals surface area contributed by atoms with E-state index in [0.717, 1.165) is 44.8 Å². The summed E-state index contributed by atoms with van der Waals surface area (Å²) in [6.45, 7) is 5.52. The highest BCUT2D eigenvalue weighted by Crippen LogP contribution is 2.24. The van der Waals surface area contributed by atoms with Gasteiger partial charge in [-0.25, -0.2) is 0 Å². The highest BCUT2D eigenvalue weighted by molar-refractivity contribution is 5.76. The summed E-state index contributed by atoms with van der Waals surface area (Å²) in [6.07, 6.45) is 2.65. The largest absolute Gasteiger partial charge is 0.496 e. The van der Waals surface area contributed by atoms with Crippen molar-refractivity contribution in [2.24, 2.45) is 5.92 Å². The maximum atomic E-state index is 12.4. The van der Waals surface area contributed by atoms with Crippen molar-refractivity contribution in [2.75, 3.05) is 60.7 Å². The van der Waals surface area contributed by atoms with Crippen LogP contribution in [0.3, 0.4) is 0 Å². The molecule has 27 heavy (non-hydrogen) atoms. The Labute approximate surface area is 163 Å². The zero-order valence-electron chi connectivity index (χ0n) is 17.0. The Morgan fingerprint density at radius 2 is 1.81 bits per heavy atom. The van der Waals surface area contributed by atoms with Gasteiger partial charge in [0.1, 0.15) is 5.75 Å². The van der Waals surface area contributed by atoms with Gasteiger partial charge in [-0.05, 0) is 37.9 Å². The van der Waals surface area contributed by atoms with Crippen molar-refractivity contribution in [3.05, 3.63) is 29.8 Å². The van der Waals surface area contributed by atoms with Crippen molar-refractivity contribution in [1.82, 2.24) is 9.80 Å². The highest BCUT2D eigenvalue weighted by atomic mass is 16.5. The van der Waals surface area contributed by atoms with Gasteiger partial charge in [-0.3, -0.25) is 9.69 Å². The standard InChI is InChI=1S/C21H34N2O4/c1-25-14-10-21(24)23(13-15-26-2)16-18-8-11-22(12-9-18)17-19-6-4-5-7-20(19)27-3/h4-7,18H,8-17H2,1-3H3. The number of carbonyl (C=O) groups excluding carboxylic acids is 1. The summed E-state index contributed by atoms with van der Waals surface area (Å²) in [5.74, 6) is 1.65. The molecule has 152 valence electrons. The molecular weight excluding hydrogens is 344 g/mol. The van der Waals surface area contributed by atoms with Crippen molar-refractivity contribution in [3.63, 3.8) is 0 Å². The first kappa shape index (κ1) is 21.7. The molecule has 1 fully saturated rings. The second kappa shape index (κ2) is 12.0. The highest BCUT2D eigenvalue weighted by Gasteiger charge is 2.24. The molecule has 0 N–H and O–H groups in total. The molecule has 0 atom stereocenters. The van der Waals surface area contributed by atoms with E-state index >= 15 is 0 Å². The van der Waals surface area contributed by atoms with Gasteiger partial charge < -0.3 is 19.1 Å². The van der Waals surface area contributed by atoms with Crippen LogP contribution >= 0.6 is 0 Å². The average Bonchev–Trinajstić information content (AvgIpc) is 2.71. The van der Waals surface area contributed by atoms with Crippen LogP contribution in [0.2, 0.25) is 0 Å². The van der Waals surface area contributed by atoms with E-state index in [1.54, 1.807) is 21.3 Å². The molecule has 6 nitrogen and oxygen atoms in total. The minimum atomic E-state index is 0.158. The number of benzene rings is 1. The van der Waals surface area contributed by atoms with Gasteiger partial charge in [0.05, 0.1) is 26.7 Å². The van der Waals surface area contributed by atoms with E-state index in [1.807, 2.05) is 17.0 Å². The minimum absolute atomic E-state index is 0.158. The van der Waals surface area contributed by atoms with Gasteiger partial charge in [0.25, 0.3) is 0 Å². The van der Waals surface area contributed by atoms with Gasteiger partial charge >= 0.3 is 0 Å². The summed E-state index contributed by atoms with van der Waals surface area (Å²) in [5.41, 5.74) is 1.23. The molecule has 1 heterocycles. The molecule has 0 saturated carbocycles. The topological polar surface area (TPSA) is 51.2 Å². The summed E-state index contributed by atoms with van der Waals surface area (Å²) < 4.78 is 15.7. The molecule has 0 bridgehead atoms. The summed E-state index contributed by atoms with van der Waals surface area (Å²) in [6, 6.07) is 8.21. The van der Waals surface area contributed by atoms with E-state index in [0.29, 0.717) is 32.1 Å². The third-order valence-corrected chi connectivity index (χ3v) is 5.21. The van der Waals surface area contributed by atoms with Crippen molar-refractivity contribution in [3.8, 4) is 5.75 Å². The Kier molecular flexibility index (Phi) is 9.59. The zero-order valence-corrected chi connectivity index (χ0v) is 17.0. The Balaban J connectivity index is 1.83. The van der Waals surface area contributed by atoms with Gasteiger partial charge in [-0.2, -0.15) is 0 Å². The summed E-state index contributed by atoms with van der Waals surface area (Å²) in [4.78, 5) is 16.8. The van der Waals surface area contributed by atoms with E-state index < -0.39 is 0 Å².